The van der Waals surface area contributed by atoms with E-state index in [1.165, 1.54) is 0 Å². The van der Waals surface area contributed by atoms with Gasteiger partial charge in [-0.3, -0.25) is 14.7 Å². The Balaban J connectivity index is 1.91. The Labute approximate surface area is 126 Å². The predicted octanol–water partition coefficient (Wildman–Crippen LogP) is 0.729. The van der Waals surface area contributed by atoms with E-state index in [-0.39, 0.29) is 11.1 Å². The van der Waals surface area contributed by atoms with E-state index in [2.05, 4.69) is 20.9 Å². The van der Waals surface area contributed by atoms with Gasteiger partial charge >= 0.3 is 5.69 Å². The lowest BCUT2D eigenvalue weighted by molar-refractivity contribution is 0.0455. The van der Waals surface area contributed by atoms with Crippen LogP contribution in [0, 0.1) is 0 Å². The molecule has 2 aliphatic rings. The van der Waals surface area contributed by atoms with Crippen LogP contribution in [0.3, 0.4) is 0 Å². The van der Waals surface area contributed by atoms with Crippen LogP contribution in [0.4, 0.5) is 0 Å². The number of hydrogen-bond donors (Lipinski definition) is 2. The molecule has 2 N–H and O–H groups in total. The fraction of sp³-hybridized carbons (Fsp3) is 0.375. The van der Waals surface area contributed by atoms with E-state index in [4.69, 9.17) is 4.74 Å². The molecule has 1 unspecified atom stereocenters. The van der Waals surface area contributed by atoms with E-state index in [0.29, 0.717) is 25.1 Å². The summed E-state index contributed by atoms with van der Waals surface area (Å²) in [5.74, 6) is 0.885. The van der Waals surface area contributed by atoms with Crippen molar-refractivity contribution in [3.05, 3.63) is 61.9 Å². The monoisotopic (exact) mass is 299 g/mol. The molecule has 0 radical (unpaired) electrons. The molecule has 114 valence electrons. The van der Waals surface area contributed by atoms with Crippen molar-refractivity contribution in [2.45, 2.75) is 24.9 Å². The third-order valence-corrected chi connectivity index (χ3v) is 4.89. The molecule has 0 amide bonds. The van der Waals surface area contributed by atoms with Crippen LogP contribution < -0.4 is 16.0 Å². The summed E-state index contributed by atoms with van der Waals surface area (Å²) in [4.78, 5) is 31.0. The van der Waals surface area contributed by atoms with E-state index < -0.39 is 5.69 Å². The van der Waals surface area contributed by atoms with Crippen molar-refractivity contribution < 1.29 is 4.74 Å². The molecule has 2 aliphatic heterocycles. The Bertz CT molecular complexity index is 854. The van der Waals surface area contributed by atoms with E-state index in [0.717, 1.165) is 23.4 Å². The molecule has 0 saturated heterocycles. The molecule has 6 heteroatoms. The number of para-hydroxylation sites is 1. The zero-order chi connectivity index (χ0) is 15.3. The summed E-state index contributed by atoms with van der Waals surface area (Å²) in [6.07, 6.45) is 1.44. The van der Waals surface area contributed by atoms with E-state index in [1.54, 1.807) is 0 Å². The van der Waals surface area contributed by atoms with Crippen molar-refractivity contribution in [1.29, 1.82) is 0 Å². The van der Waals surface area contributed by atoms with E-state index >= 15 is 0 Å². The number of nitrogens with zero attached hydrogens (tertiary/aromatic N) is 1. The second-order valence-electron chi connectivity index (χ2n) is 6.02. The van der Waals surface area contributed by atoms with Gasteiger partial charge in [0, 0.05) is 30.6 Å². The number of fused-ring (bicyclic) bond motifs is 3. The SMILES string of the molecule is CN1Cc2c([nH]c(=O)[nH]c2=O)CC12CCOc1ccccc12. The molecule has 0 fully saturated rings. The van der Waals surface area contributed by atoms with Gasteiger partial charge in [0.1, 0.15) is 5.75 Å². The lowest BCUT2D eigenvalue weighted by Crippen LogP contribution is -2.53. The van der Waals surface area contributed by atoms with Gasteiger partial charge in [0.05, 0.1) is 17.7 Å². The van der Waals surface area contributed by atoms with Gasteiger partial charge < -0.3 is 9.72 Å². The Morgan fingerprint density at radius 1 is 1.23 bits per heavy atom. The lowest BCUT2D eigenvalue weighted by Gasteiger charge is -2.48. The first-order valence-corrected chi connectivity index (χ1v) is 7.38. The molecule has 2 aromatic rings. The highest BCUT2D eigenvalue weighted by atomic mass is 16.5. The minimum Gasteiger partial charge on any atom is -0.493 e. The average Bonchev–Trinajstić information content (AvgIpc) is 2.50. The Morgan fingerprint density at radius 2 is 2.05 bits per heavy atom. The molecule has 0 bridgehead atoms. The molecular weight excluding hydrogens is 282 g/mol. The maximum absolute atomic E-state index is 12.0. The van der Waals surface area contributed by atoms with Gasteiger partial charge in [0.25, 0.3) is 5.56 Å². The van der Waals surface area contributed by atoms with Gasteiger partial charge in [-0.05, 0) is 13.1 Å². The Hall–Kier alpha value is -2.34. The van der Waals surface area contributed by atoms with E-state index in [9.17, 15) is 9.59 Å². The molecule has 1 aromatic carbocycles. The van der Waals surface area contributed by atoms with Crippen LogP contribution >= 0.6 is 0 Å². The molecule has 4 rings (SSSR count). The number of benzene rings is 1. The average molecular weight is 299 g/mol. The van der Waals surface area contributed by atoms with Gasteiger partial charge in [-0.15, -0.1) is 0 Å². The second-order valence-corrected chi connectivity index (χ2v) is 6.02. The highest BCUT2D eigenvalue weighted by molar-refractivity contribution is 5.43. The molecule has 0 aliphatic carbocycles. The minimum absolute atomic E-state index is 0.238. The lowest BCUT2D eigenvalue weighted by atomic mass is 9.76. The van der Waals surface area contributed by atoms with Crippen LogP contribution in [-0.4, -0.2) is 28.5 Å². The summed E-state index contributed by atoms with van der Waals surface area (Å²) in [5, 5.41) is 0. The number of nitrogens with one attached hydrogen (secondary N) is 2. The topological polar surface area (TPSA) is 78.2 Å². The third kappa shape index (κ3) is 1.77. The van der Waals surface area contributed by atoms with Crippen LogP contribution in [0.25, 0.3) is 0 Å². The summed E-state index contributed by atoms with van der Waals surface area (Å²) >= 11 is 0. The zero-order valence-electron chi connectivity index (χ0n) is 12.3. The quantitative estimate of drug-likeness (QED) is 0.752. The van der Waals surface area contributed by atoms with Crippen molar-refractivity contribution in [2.75, 3.05) is 13.7 Å². The number of ether oxygens (including phenoxy) is 1. The van der Waals surface area contributed by atoms with Crippen LogP contribution in [-0.2, 0) is 18.5 Å². The number of aromatic amines is 2. The van der Waals surface area contributed by atoms with Crippen molar-refractivity contribution in [2.24, 2.45) is 0 Å². The molecule has 1 atom stereocenters. The van der Waals surface area contributed by atoms with Crippen LogP contribution in [0.15, 0.2) is 33.9 Å². The first-order chi connectivity index (χ1) is 10.6. The predicted molar refractivity (Wildman–Crippen MR) is 81.1 cm³/mol. The standard InChI is InChI=1S/C16H17N3O3/c1-19-9-10-12(17-15(21)18-14(10)20)8-16(19)6-7-22-13-5-3-2-4-11(13)16/h2-5H,6-9H2,1H3,(H2,17,18,20,21). The molecule has 6 nitrogen and oxygen atoms in total. The number of rotatable bonds is 0. The first kappa shape index (κ1) is 13.3. The van der Waals surface area contributed by atoms with Crippen LogP contribution in [0.1, 0.15) is 23.2 Å². The highest BCUT2D eigenvalue weighted by Crippen LogP contribution is 2.45. The van der Waals surface area contributed by atoms with Crippen LogP contribution in [0.5, 0.6) is 5.75 Å². The Kier molecular flexibility index (Phi) is 2.77. The Morgan fingerprint density at radius 3 is 2.91 bits per heavy atom. The summed E-state index contributed by atoms with van der Waals surface area (Å²) in [6.45, 7) is 1.14. The number of hydrogen-bond acceptors (Lipinski definition) is 4. The summed E-state index contributed by atoms with van der Waals surface area (Å²) in [7, 11) is 2.02. The van der Waals surface area contributed by atoms with Crippen molar-refractivity contribution in [3.63, 3.8) is 0 Å². The third-order valence-electron chi connectivity index (χ3n) is 4.89. The highest BCUT2D eigenvalue weighted by Gasteiger charge is 2.45. The normalized spacial score (nSPS) is 23.7. The molecule has 3 heterocycles. The maximum atomic E-state index is 12.0. The maximum Gasteiger partial charge on any atom is 0.325 e. The van der Waals surface area contributed by atoms with Gasteiger partial charge in [-0.2, -0.15) is 0 Å². The largest absolute Gasteiger partial charge is 0.493 e. The van der Waals surface area contributed by atoms with Crippen molar-refractivity contribution in [3.8, 4) is 5.75 Å². The van der Waals surface area contributed by atoms with Gasteiger partial charge in [0.2, 0.25) is 0 Å². The summed E-state index contributed by atoms with van der Waals surface area (Å²) in [6, 6.07) is 8.00. The summed E-state index contributed by atoms with van der Waals surface area (Å²) < 4.78 is 5.77. The zero-order valence-corrected chi connectivity index (χ0v) is 12.3. The minimum atomic E-state index is -0.441. The number of likely N-dealkylation sites (N-methyl/N-ethyl adjacent to an activating group) is 1. The molecular formula is C16H17N3O3. The fourth-order valence-corrected chi connectivity index (χ4v) is 3.71. The van der Waals surface area contributed by atoms with Crippen molar-refractivity contribution in [1.82, 2.24) is 14.9 Å². The molecule has 1 aromatic heterocycles. The van der Waals surface area contributed by atoms with Crippen molar-refractivity contribution >= 4 is 0 Å². The molecule has 22 heavy (non-hydrogen) atoms. The molecule has 1 spiro atoms. The summed E-state index contributed by atoms with van der Waals surface area (Å²) in [5.41, 5.74) is 1.54. The van der Waals surface area contributed by atoms with Crippen LogP contribution in [0.2, 0.25) is 0 Å². The van der Waals surface area contributed by atoms with Gasteiger partial charge in [0.15, 0.2) is 0 Å². The van der Waals surface area contributed by atoms with Gasteiger partial charge in [-0.1, -0.05) is 18.2 Å². The first-order valence-electron chi connectivity index (χ1n) is 7.38. The van der Waals surface area contributed by atoms with Gasteiger partial charge in [-0.25, -0.2) is 4.79 Å². The number of H-pyrrole nitrogens is 2. The smallest absolute Gasteiger partial charge is 0.325 e. The number of aromatic nitrogens is 2. The second kappa shape index (κ2) is 4.58. The van der Waals surface area contributed by atoms with E-state index in [1.807, 2.05) is 25.2 Å². The molecule has 0 saturated carbocycles. The fourth-order valence-electron chi connectivity index (χ4n) is 3.71.